The smallest absolute Gasteiger partial charge is 0.306 e. The molecule has 21 heavy (non-hydrogen) atoms. The standard InChI is InChI=1S/C14H16N2O5/c15-13(19)9-2-1-3-10(6-9)14(20)16-4-5-21-11(8-16)7-12(17)18/h1-3,6,11H,4-5,7-8H2,(H2,15,19)(H,17,18). The molecule has 1 saturated heterocycles. The maximum Gasteiger partial charge on any atom is 0.306 e. The normalized spacial score (nSPS) is 18.3. The lowest BCUT2D eigenvalue weighted by atomic mass is 10.1. The lowest BCUT2D eigenvalue weighted by Gasteiger charge is -2.32. The van der Waals surface area contributed by atoms with E-state index in [1.807, 2.05) is 0 Å². The number of carboxylic acid groups (broad SMARTS) is 1. The SMILES string of the molecule is NC(=O)c1cccc(C(=O)N2CCOC(CC(=O)O)C2)c1. The summed E-state index contributed by atoms with van der Waals surface area (Å²) < 4.78 is 5.32. The first kappa shape index (κ1) is 15.0. The summed E-state index contributed by atoms with van der Waals surface area (Å²) in [6, 6.07) is 6.15. The van der Waals surface area contributed by atoms with Crippen molar-refractivity contribution in [3.63, 3.8) is 0 Å². The van der Waals surface area contributed by atoms with Gasteiger partial charge in [0, 0.05) is 24.2 Å². The minimum atomic E-state index is -0.968. The molecule has 0 bridgehead atoms. The Morgan fingerprint density at radius 1 is 1.33 bits per heavy atom. The Labute approximate surface area is 121 Å². The van der Waals surface area contributed by atoms with Crippen LogP contribution in [0.2, 0.25) is 0 Å². The third-order valence-corrected chi connectivity index (χ3v) is 3.22. The van der Waals surface area contributed by atoms with Gasteiger partial charge in [0.15, 0.2) is 0 Å². The Hall–Kier alpha value is -2.41. The first-order chi connectivity index (χ1) is 9.97. The average Bonchev–Trinajstić information content (AvgIpc) is 2.46. The zero-order valence-electron chi connectivity index (χ0n) is 11.3. The molecule has 1 aromatic carbocycles. The molecule has 0 saturated carbocycles. The van der Waals surface area contributed by atoms with E-state index in [4.69, 9.17) is 15.6 Å². The number of nitrogens with two attached hydrogens (primary N) is 1. The average molecular weight is 292 g/mol. The van der Waals surface area contributed by atoms with Gasteiger partial charge in [-0.1, -0.05) is 6.07 Å². The Bertz CT molecular complexity index is 572. The number of hydrogen-bond donors (Lipinski definition) is 2. The molecule has 0 spiro atoms. The Balaban J connectivity index is 2.10. The fourth-order valence-electron chi connectivity index (χ4n) is 2.21. The molecule has 2 rings (SSSR count). The second kappa shape index (κ2) is 6.36. The highest BCUT2D eigenvalue weighted by Gasteiger charge is 2.26. The van der Waals surface area contributed by atoms with Crippen LogP contribution in [-0.2, 0) is 9.53 Å². The highest BCUT2D eigenvalue weighted by Crippen LogP contribution is 2.14. The van der Waals surface area contributed by atoms with Gasteiger partial charge in [0.05, 0.1) is 19.1 Å². The van der Waals surface area contributed by atoms with Gasteiger partial charge in [-0.05, 0) is 18.2 Å². The predicted molar refractivity (Wildman–Crippen MR) is 72.9 cm³/mol. The monoisotopic (exact) mass is 292 g/mol. The zero-order chi connectivity index (χ0) is 15.4. The van der Waals surface area contributed by atoms with E-state index >= 15 is 0 Å². The molecule has 3 N–H and O–H groups in total. The molecule has 1 heterocycles. The van der Waals surface area contributed by atoms with Crippen molar-refractivity contribution < 1.29 is 24.2 Å². The number of carbonyl (C=O) groups is 3. The molecule has 112 valence electrons. The van der Waals surface area contributed by atoms with E-state index in [1.54, 1.807) is 12.1 Å². The number of benzene rings is 1. The lowest BCUT2D eigenvalue weighted by Crippen LogP contribution is -2.46. The minimum absolute atomic E-state index is 0.148. The van der Waals surface area contributed by atoms with Crippen LogP contribution in [0.4, 0.5) is 0 Å². The third-order valence-electron chi connectivity index (χ3n) is 3.22. The Morgan fingerprint density at radius 3 is 2.71 bits per heavy atom. The van der Waals surface area contributed by atoms with Gasteiger partial charge in [0.25, 0.3) is 5.91 Å². The van der Waals surface area contributed by atoms with Crippen LogP contribution >= 0.6 is 0 Å². The first-order valence-corrected chi connectivity index (χ1v) is 6.50. The summed E-state index contributed by atoms with van der Waals surface area (Å²) in [4.78, 5) is 35.7. The lowest BCUT2D eigenvalue weighted by molar-refractivity contribution is -0.141. The quantitative estimate of drug-likeness (QED) is 0.818. The van der Waals surface area contributed by atoms with Crippen molar-refractivity contribution in [3.05, 3.63) is 35.4 Å². The largest absolute Gasteiger partial charge is 0.481 e. The molecule has 0 aromatic heterocycles. The van der Waals surface area contributed by atoms with Crippen LogP contribution in [0.5, 0.6) is 0 Å². The molecule has 0 aliphatic carbocycles. The summed E-state index contributed by atoms with van der Waals surface area (Å²) in [5, 5.41) is 8.77. The minimum Gasteiger partial charge on any atom is -0.481 e. The van der Waals surface area contributed by atoms with Gasteiger partial charge in [-0.2, -0.15) is 0 Å². The van der Waals surface area contributed by atoms with Crippen LogP contribution in [0.15, 0.2) is 24.3 Å². The number of primary amides is 1. The van der Waals surface area contributed by atoms with Crippen LogP contribution in [0.1, 0.15) is 27.1 Å². The molecular formula is C14H16N2O5. The summed E-state index contributed by atoms with van der Waals surface area (Å²) in [5.74, 6) is -1.84. The van der Waals surface area contributed by atoms with Gasteiger partial charge in [-0.15, -0.1) is 0 Å². The van der Waals surface area contributed by atoms with Crippen LogP contribution in [0, 0.1) is 0 Å². The summed E-state index contributed by atoms with van der Waals surface area (Å²) in [7, 11) is 0. The van der Waals surface area contributed by atoms with E-state index in [1.165, 1.54) is 17.0 Å². The fourth-order valence-corrected chi connectivity index (χ4v) is 2.21. The molecule has 0 radical (unpaired) electrons. The van der Waals surface area contributed by atoms with Crippen molar-refractivity contribution in [2.45, 2.75) is 12.5 Å². The number of carbonyl (C=O) groups excluding carboxylic acids is 2. The molecular weight excluding hydrogens is 276 g/mol. The predicted octanol–water partition coefficient (Wildman–Crippen LogP) is 0.101. The molecule has 1 aromatic rings. The highest BCUT2D eigenvalue weighted by atomic mass is 16.5. The van der Waals surface area contributed by atoms with E-state index in [9.17, 15) is 14.4 Å². The van der Waals surface area contributed by atoms with Crippen molar-refractivity contribution >= 4 is 17.8 Å². The van der Waals surface area contributed by atoms with Crippen LogP contribution in [0.25, 0.3) is 0 Å². The number of carboxylic acids is 1. The van der Waals surface area contributed by atoms with Gasteiger partial charge >= 0.3 is 5.97 Å². The van der Waals surface area contributed by atoms with Crippen LogP contribution in [-0.4, -0.2) is 53.6 Å². The number of aliphatic carboxylic acids is 1. The van der Waals surface area contributed by atoms with E-state index in [0.717, 1.165) is 0 Å². The van der Waals surface area contributed by atoms with Crippen molar-refractivity contribution in [1.82, 2.24) is 4.90 Å². The number of nitrogens with zero attached hydrogens (tertiary/aromatic N) is 1. The second-order valence-electron chi connectivity index (χ2n) is 4.79. The van der Waals surface area contributed by atoms with E-state index in [0.29, 0.717) is 18.7 Å². The van der Waals surface area contributed by atoms with Crippen molar-refractivity contribution in [2.24, 2.45) is 5.73 Å². The summed E-state index contributed by atoms with van der Waals surface area (Å²) in [6.45, 7) is 0.890. The second-order valence-corrected chi connectivity index (χ2v) is 4.79. The summed E-state index contributed by atoms with van der Waals surface area (Å²) in [6.07, 6.45) is -0.662. The molecule has 2 amide bonds. The van der Waals surface area contributed by atoms with Gasteiger partial charge in [-0.25, -0.2) is 0 Å². The van der Waals surface area contributed by atoms with Gasteiger partial charge in [0.1, 0.15) is 0 Å². The summed E-state index contributed by atoms with van der Waals surface area (Å²) >= 11 is 0. The van der Waals surface area contributed by atoms with Crippen molar-refractivity contribution in [3.8, 4) is 0 Å². The molecule has 1 atom stereocenters. The summed E-state index contributed by atoms with van der Waals surface area (Å²) in [5.41, 5.74) is 5.80. The Morgan fingerprint density at radius 2 is 2.05 bits per heavy atom. The third kappa shape index (κ3) is 3.79. The van der Waals surface area contributed by atoms with Gasteiger partial charge in [-0.3, -0.25) is 14.4 Å². The number of hydrogen-bond acceptors (Lipinski definition) is 4. The number of morpholine rings is 1. The van der Waals surface area contributed by atoms with E-state index in [-0.39, 0.29) is 24.4 Å². The number of rotatable bonds is 4. The molecule has 7 nitrogen and oxygen atoms in total. The molecule has 1 fully saturated rings. The van der Waals surface area contributed by atoms with E-state index < -0.39 is 18.0 Å². The molecule has 1 aliphatic rings. The first-order valence-electron chi connectivity index (χ1n) is 6.50. The number of amides is 2. The number of ether oxygens (including phenoxy) is 1. The Kier molecular flexibility index (Phi) is 4.54. The van der Waals surface area contributed by atoms with Crippen LogP contribution in [0.3, 0.4) is 0 Å². The van der Waals surface area contributed by atoms with Crippen LogP contribution < -0.4 is 5.73 Å². The molecule has 1 aliphatic heterocycles. The maximum absolute atomic E-state index is 12.4. The van der Waals surface area contributed by atoms with Gasteiger partial charge < -0.3 is 20.5 Å². The zero-order valence-corrected chi connectivity index (χ0v) is 11.3. The fraction of sp³-hybridized carbons (Fsp3) is 0.357. The van der Waals surface area contributed by atoms with Crippen molar-refractivity contribution in [1.29, 1.82) is 0 Å². The van der Waals surface area contributed by atoms with Gasteiger partial charge in [0.2, 0.25) is 5.91 Å². The highest BCUT2D eigenvalue weighted by molar-refractivity contribution is 5.99. The molecule has 1 unspecified atom stereocenters. The van der Waals surface area contributed by atoms with E-state index in [2.05, 4.69) is 0 Å². The molecule has 7 heteroatoms. The maximum atomic E-state index is 12.4. The van der Waals surface area contributed by atoms with Crippen molar-refractivity contribution in [2.75, 3.05) is 19.7 Å². The topological polar surface area (TPSA) is 110 Å².